The van der Waals surface area contributed by atoms with Crippen molar-refractivity contribution in [1.82, 2.24) is 10.6 Å². The van der Waals surface area contributed by atoms with Gasteiger partial charge in [0.05, 0.1) is 6.61 Å². The van der Waals surface area contributed by atoms with Crippen LogP contribution < -0.4 is 21.1 Å². The van der Waals surface area contributed by atoms with Crippen LogP contribution in [0.1, 0.15) is 23.1 Å². The van der Waals surface area contributed by atoms with Crippen LogP contribution in [0, 0.1) is 5.41 Å². The van der Waals surface area contributed by atoms with Crippen LogP contribution in [-0.4, -0.2) is 37.0 Å². The molecule has 0 fully saturated rings. The van der Waals surface area contributed by atoms with Crippen LogP contribution in [0.5, 0.6) is 5.75 Å². The highest BCUT2D eigenvalue weighted by Crippen LogP contribution is 2.13. The Morgan fingerprint density at radius 3 is 2.29 bits per heavy atom. The van der Waals surface area contributed by atoms with Crippen LogP contribution >= 0.6 is 0 Å². The number of carbonyl (C=O) groups is 2. The summed E-state index contributed by atoms with van der Waals surface area (Å²) in [5, 5.41) is 13.0. The molecule has 3 aromatic rings. The Kier molecular flexibility index (Phi) is 9.68. The van der Waals surface area contributed by atoms with E-state index in [4.69, 9.17) is 20.6 Å². The second-order valence-electron chi connectivity index (χ2n) is 7.88. The van der Waals surface area contributed by atoms with Gasteiger partial charge >= 0.3 is 6.09 Å². The van der Waals surface area contributed by atoms with Crippen molar-refractivity contribution < 1.29 is 19.1 Å². The molecule has 2 amide bonds. The predicted molar refractivity (Wildman–Crippen MR) is 134 cm³/mol. The van der Waals surface area contributed by atoms with Crippen LogP contribution in [-0.2, 0) is 22.6 Å². The first-order chi connectivity index (χ1) is 17.0. The molecule has 0 aliphatic carbocycles. The smallest absolute Gasteiger partial charge is 0.408 e. The molecule has 0 aromatic heterocycles. The fourth-order valence-electron chi connectivity index (χ4n) is 3.32. The monoisotopic (exact) mass is 474 g/mol. The summed E-state index contributed by atoms with van der Waals surface area (Å²) in [6.45, 7) is 0.864. The number of nitrogen functional groups attached to an aromatic ring is 1. The summed E-state index contributed by atoms with van der Waals surface area (Å²) in [5.74, 6) is 0.278. The molecule has 8 nitrogen and oxygen atoms in total. The number of benzene rings is 3. The first kappa shape index (κ1) is 25.3. The van der Waals surface area contributed by atoms with E-state index in [1.807, 2.05) is 60.7 Å². The second kappa shape index (κ2) is 13.4. The topological polar surface area (TPSA) is 127 Å². The van der Waals surface area contributed by atoms with E-state index in [0.717, 1.165) is 11.1 Å². The molecule has 0 unspecified atom stereocenters. The van der Waals surface area contributed by atoms with E-state index in [1.54, 1.807) is 24.3 Å². The van der Waals surface area contributed by atoms with Crippen molar-refractivity contribution in [2.75, 3.05) is 13.2 Å². The fourth-order valence-corrected chi connectivity index (χ4v) is 3.32. The summed E-state index contributed by atoms with van der Waals surface area (Å²) in [4.78, 5) is 25.2. The van der Waals surface area contributed by atoms with Crippen LogP contribution in [0.3, 0.4) is 0 Å². The third kappa shape index (κ3) is 8.85. The number of amidine groups is 1. The maximum absolute atomic E-state index is 12.9. The fraction of sp³-hybridized carbons (Fsp3) is 0.222. The number of alkyl carbamates (subject to hydrolysis) is 1. The van der Waals surface area contributed by atoms with Gasteiger partial charge in [0.1, 0.15) is 24.2 Å². The average molecular weight is 475 g/mol. The largest absolute Gasteiger partial charge is 0.494 e. The van der Waals surface area contributed by atoms with E-state index < -0.39 is 12.1 Å². The van der Waals surface area contributed by atoms with Gasteiger partial charge < -0.3 is 25.8 Å². The molecule has 3 rings (SSSR count). The lowest BCUT2D eigenvalue weighted by Gasteiger charge is -2.19. The molecule has 0 aliphatic heterocycles. The molecule has 0 bridgehead atoms. The van der Waals surface area contributed by atoms with Crippen LogP contribution in [0.25, 0.3) is 0 Å². The normalized spacial score (nSPS) is 11.2. The number of rotatable bonds is 12. The van der Waals surface area contributed by atoms with Gasteiger partial charge in [-0.25, -0.2) is 4.79 Å². The Labute approximate surface area is 205 Å². The first-order valence-corrected chi connectivity index (χ1v) is 11.4. The molecule has 5 N–H and O–H groups in total. The quantitative estimate of drug-likeness (QED) is 0.182. The minimum atomic E-state index is -0.783. The van der Waals surface area contributed by atoms with Crippen LogP contribution in [0.15, 0.2) is 84.9 Å². The van der Waals surface area contributed by atoms with E-state index in [2.05, 4.69) is 10.6 Å². The van der Waals surface area contributed by atoms with Crippen molar-refractivity contribution in [3.8, 4) is 5.75 Å². The lowest BCUT2D eigenvalue weighted by molar-refractivity contribution is -0.123. The third-order valence-corrected chi connectivity index (χ3v) is 5.14. The van der Waals surface area contributed by atoms with Crippen molar-refractivity contribution in [3.05, 3.63) is 102 Å². The Bertz CT molecular complexity index is 1110. The van der Waals surface area contributed by atoms with E-state index in [0.29, 0.717) is 37.3 Å². The van der Waals surface area contributed by atoms with Gasteiger partial charge in [0.2, 0.25) is 5.91 Å². The highest BCUT2D eigenvalue weighted by atomic mass is 16.5. The SMILES string of the molecule is N=C(N)c1cccc(OCCCNC(=O)[C@@H](Cc2ccccc2)NC(=O)OCc2ccccc2)c1. The summed E-state index contributed by atoms with van der Waals surface area (Å²) in [7, 11) is 0. The van der Waals surface area contributed by atoms with Gasteiger partial charge in [0.15, 0.2) is 0 Å². The molecule has 8 heteroatoms. The van der Waals surface area contributed by atoms with Crippen LogP contribution in [0.2, 0.25) is 0 Å². The van der Waals surface area contributed by atoms with E-state index >= 15 is 0 Å². The maximum Gasteiger partial charge on any atom is 0.408 e. The van der Waals surface area contributed by atoms with E-state index in [1.165, 1.54) is 0 Å². The Morgan fingerprint density at radius 1 is 0.914 bits per heavy atom. The molecular weight excluding hydrogens is 444 g/mol. The summed E-state index contributed by atoms with van der Waals surface area (Å²) < 4.78 is 11.0. The van der Waals surface area contributed by atoms with Gasteiger partial charge in [-0.05, 0) is 29.7 Å². The molecule has 0 saturated heterocycles. The van der Waals surface area contributed by atoms with Gasteiger partial charge in [0.25, 0.3) is 0 Å². The highest BCUT2D eigenvalue weighted by molar-refractivity contribution is 5.95. The Morgan fingerprint density at radius 2 is 1.60 bits per heavy atom. The molecule has 0 heterocycles. The molecule has 0 radical (unpaired) electrons. The molecular formula is C27H30N4O4. The first-order valence-electron chi connectivity index (χ1n) is 11.4. The van der Waals surface area contributed by atoms with Crippen LogP contribution in [0.4, 0.5) is 4.79 Å². The van der Waals surface area contributed by atoms with Crippen molar-refractivity contribution in [3.63, 3.8) is 0 Å². The van der Waals surface area contributed by atoms with Crippen molar-refractivity contribution >= 4 is 17.8 Å². The zero-order valence-electron chi connectivity index (χ0n) is 19.4. The van der Waals surface area contributed by atoms with E-state index in [-0.39, 0.29) is 18.3 Å². The molecule has 1 atom stereocenters. The number of ether oxygens (including phenoxy) is 2. The molecule has 0 saturated carbocycles. The predicted octanol–water partition coefficient (Wildman–Crippen LogP) is 3.39. The Balaban J connectivity index is 1.48. The third-order valence-electron chi connectivity index (χ3n) is 5.14. The number of nitrogens with one attached hydrogen (secondary N) is 3. The minimum absolute atomic E-state index is 0.0260. The zero-order valence-corrected chi connectivity index (χ0v) is 19.4. The molecule has 3 aromatic carbocycles. The molecule has 35 heavy (non-hydrogen) atoms. The van der Waals surface area contributed by atoms with Crippen molar-refractivity contribution in [2.45, 2.75) is 25.5 Å². The van der Waals surface area contributed by atoms with E-state index in [9.17, 15) is 9.59 Å². The lowest BCUT2D eigenvalue weighted by atomic mass is 10.1. The number of hydrogen-bond donors (Lipinski definition) is 4. The maximum atomic E-state index is 12.9. The summed E-state index contributed by atoms with van der Waals surface area (Å²) in [5.41, 5.74) is 7.87. The summed E-state index contributed by atoms with van der Waals surface area (Å²) >= 11 is 0. The second-order valence-corrected chi connectivity index (χ2v) is 7.88. The van der Waals surface area contributed by atoms with Crippen molar-refractivity contribution in [2.24, 2.45) is 5.73 Å². The minimum Gasteiger partial charge on any atom is -0.494 e. The number of carbonyl (C=O) groups excluding carboxylic acids is 2. The van der Waals surface area contributed by atoms with Gasteiger partial charge in [-0.3, -0.25) is 10.2 Å². The highest BCUT2D eigenvalue weighted by Gasteiger charge is 2.21. The lowest BCUT2D eigenvalue weighted by Crippen LogP contribution is -2.48. The Hall–Kier alpha value is -4.33. The summed E-state index contributed by atoms with van der Waals surface area (Å²) in [6, 6.07) is 25.0. The van der Waals surface area contributed by atoms with Crippen molar-refractivity contribution in [1.29, 1.82) is 5.41 Å². The molecule has 182 valence electrons. The number of amides is 2. The van der Waals surface area contributed by atoms with Gasteiger partial charge in [-0.2, -0.15) is 0 Å². The van der Waals surface area contributed by atoms with Gasteiger partial charge in [-0.15, -0.1) is 0 Å². The standard InChI is InChI=1S/C27H30N4O4/c28-25(29)22-13-7-14-23(18-22)34-16-8-15-30-26(32)24(17-20-9-3-1-4-10-20)31-27(33)35-19-21-11-5-2-6-12-21/h1-7,9-14,18,24H,8,15-17,19H2,(H3,28,29)(H,30,32)(H,31,33)/t24-/m1/s1. The number of hydrogen-bond acceptors (Lipinski definition) is 5. The average Bonchev–Trinajstić information content (AvgIpc) is 2.88. The zero-order chi connectivity index (χ0) is 24.9. The molecule has 0 aliphatic rings. The van der Waals surface area contributed by atoms with Gasteiger partial charge in [-0.1, -0.05) is 72.8 Å². The molecule has 0 spiro atoms. The van der Waals surface area contributed by atoms with Gasteiger partial charge in [0, 0.05) is 18.5 Å². The number of nitrogens with two attached hydrogens (primary N) is 1. The summed E-state index contributed by atoms with van der Waals surface area (Å²) in [6.07, 6.45) is 0.243.